The van der Waals surface area contributed by atoms with Crippen LogP contribution in [0.4, 0.5) is 20.3 Å². The summed E-state index contributed by atoms with van der Waals surface area (Å²) in [4.78, 5) is 44.0. The molecular formula is C26H31F2N5O3. The number of likely N-dealkylation sites (N-methyl/N-ethyl adjacent to an activating group) is 1. The molecule has 0 spiro atoms. The molecular weight excluding hydrogens is 468 g/mol. The first-order valence-corrected chi connectivity index (χ1v) is 11.7. The van der Waals surface area contributed by atoms with Crippen molar-refractivity contribution in [3.8, 4) is 0 Å². The van der Waals surface area contributed by atoms with E-state index in [1.165, 1.54) is 15.5 Å². The fourth-order valence-electron chi connectivity index (χ4n) is 3.91. The number of nitrogens with zero attached hydrogens (tertiary/aromatic N) is 3. The molecule has 0 radical (unpaired) electrons. The zero-order chi connectivity index (χ0) is 26.4. The van der Waals surface area contributed by atoms with Crippen LogP contribution in [0.15, 0.2) is 58.1 Å². The number of nitrogens with one attached hydrogen (secondary N) is 1. The second kappa shape index (κ2) is 11.8. The molecule has 0 saturated heterocycles. The van der Waals surface area contributed by atoms with Crippen LogP contribution >= 0.6 is 0 Å². The Balaban J connectivity index is 1.96. The monoisotopic (exact) mass is 499 g/mol. The van der Waals surface area contributed by atoms with E-state index in [-0.39, 0.29) is 49.2 Å². The second-order valence-corrected chi connectivity index (χ2v) is 8.97. The van der Waals surface area contributed by atoms with Gasteiger partial charge in [0.15, 0.2) is 5.69 Å². The highest BCUT2D eigenvalue weighted by atomic mass is 19.1. The molecule has 3 N–H and O–H groups in total. The van der Waals surface area contributed by atoms with Crippen molar-refractivity contribution >= 4 is 17.4 Å². The lowest BCUT2D eigenvalue weighted by Crippen LogP contribution is -2.46. The molecule has 2 aromatic carbocycles. The van der Waals surface area contributed by atoms with Crippen LogP contribution in [0.5, 0.6) is 0 Å². The summed E-state index contributed by atoms with van der Waals surface area (Å²) in [7, 11) is 0. The number of hydrogen-bond donors (Lipinski definition) is 2. The lowest BCUT2D eigenvalue weighted by Gasteiger charge is -2.29. The third-order valence-corrected chi connectivity index (χ3v) is 5.77. The fraction of sp³-hybridized carbons (Fsp3) is 0.346. The summed E-state index contributed by atoms with van der Waals surface area (Å²) in [6.45, 7) is 5.75. The number of carbonyl (C=O) groups is 1. The number of anilines is 2. The summed E-state index contributed by atoms with van der Waals surface area (Å²) in [5.41, 5.74) is 5.36. The van der Waals surface area contributed by atoms with E-state index < -0.39 is 28.8 Å². The molecule has 1 amide bonds. The molecule has 3 aromatic rings. The molecule has 0 aliphatic carbocycles. The minimum absolute atomic E-state index is 0.0404. The first kappa shape index (κ1) is 26.8. The summed E-state index contributed by atoms with van der Waals surface area (Å²) in [6, 6.07) is 12.7. The number of carbonyl (C=O) groups excluding carboxylic acids is 1. The number of hydrogen-bond acceptors (Lipinski definition) is 5. The predicted molar refractivity (Wildman–Crippen MR) is 136 cm³/mol. The molecule has 0 aliphatic rings. The van der Waals surface area contributed by atoms with Crippen LogP contribution < -0.4 is 21.9 Å². The first-order valence-electron chi connectivity index (χ1n) is 11.7. The molecule has 10 heteroatoms. The molecule has 192 valence electrons. The van der Waals surface area contributed by atoms with E-state index in [1.54, 1.807) is 11.8 Å². The van der Waals surface area contributed by atoms with Gasteiger partial charge < -0.3 is 10.6 Å². The Morgan fingerprint density at radius 1 is 1.06 bits per heavy atom. The van der Waals surface area contributed by atoms with Crippen molar-refractivity contribution in [1.82, 2.24) is 14.5 Å². The molecule has 0 saturated carbocycles. The van der Waals surface area contributed by atoms with Crippen molar-refractivity contribution in [3.05, 3.63) is 92.1 Å². The number of aromatic amines is 1. The number of rotatable bonds is 10. The van der Waals surface area contributed by atoms with Gasteiger partial charge in [-0.3, -0.25) is 24.0 Å². The van der Waals surface area contributed by atoms with Crippen molar-refractivity contribution < 1.29 is 13.6 Å². The van der Waals surface area contributed by atoms with Crippen LogP contribution in [0.3, 0.4) is 0 Å². The van der Waals surface area contributed by atoms with Gasteiger partial charge in [-0.2, -0.15) is 0 Å². The highest BCUT2D eigenvalue weighted by Gasteiger charge is 2.27. The van der Waals surface area contributed by atoms with Crippen LogP contribution in [0.1, 0.15) is 31.9 Å². The third-order valence-electron chi connectivity index (χ3n) is 5.77. The average Bonchev–Trinajstić information content (AvgIpc) is 2.83. The molecule has 3 rings (SSSR count). The average molecular weight is 500 g/mol. The van der Waals surface area contributed by atoms with E-state index in [9.17, 15) is 23.2 Å². The molecule has 0 fully saturated rings. The van der Waals surface area contributed by atoms with E-state index in [4.69, 9.17) is 5.73 Å². The second-order valence-electron chi connectivity index (χ2n) is 8.97. The van der Waals surface area contributed by atoms with Crippen LogP contribution in [-0.2, 0) is 17.9 Å². The topological polar surface area (TPSA) is 104 Å². The Bertz CT molecular complexity index is 1300. The lowest BCUT2D eigenvalue weighted by atomic mass is 10.1. The molecule has 0 bridgehead atoms. The number of aromatic nitrogens is 2. The zero-order valence-corrected chi connectivity index (χ0v) is 20.6. The highest BCUT2D eigenvalue weighted by Crippen LogP contribution is 2.21. The number of nitrogens with two attached hydrogens (primary N) is 1. The summed E-state index contributed by atoms with van der Waals surface area (Å²) >= 11 is 0. The smallest absolute Gasteiger partial charge is 0.330 e. The maximum Gasteiger partial charge on any atom is 0.330 e. The number of halogens is 2. The van der Waals surface area contributed by atoms with Gasteiger partial charge in [-0.1, -0.05) is 57.2 Å². The largest absolute Gasteiger partial charge is 0.383 e. The van der Waals surface area contributed by atoms with Crippen molar-refractivity contribution in [1.29, 1.82) is 0 Å². The highest BCUT2D eigenvalue weighted by molar-refractivity contribution is 5.96. The van der Waals surface area contributed by atoms with Crippen LogP contribution in [0.2, 0.25) is 0 Å². The zero-order valence-electron chi connectivity index (χ0n) is 20.6. The molecule has 0 atom stereocenters. The van der Waals surface area contributed by atoms with E-state index in [0.29, 0.717) is 6.54 Å². The van der Waals surface area contributed by atoms with Crippen LogP contribution in [0, 0.1) is 17.6 Å². The number of nitrogen functional groups attached to an aromatic ring is 1. The van der Waals surface area contributed by atoms with Gasteiger partial charge >= 0.3 is 5.69 Å². The Hall–Kier alpha value is -3.79. The number of amides is 1. The maximum absolute atomic E-state index is 14.2. The van der Waals surface area contributed by atoms with Crippen LogP contribution in [0.25, 0.3) is 0 Å². The fourth-order valence-corrected chi connectivity index (χ4v) is 3.91. The predicted octanol–water partition coefficient (Wildman–Crippen LogP) is 2.96. The summed E-state index contributed by atoms with van der Waals surface area (Å²) in [6.07, 6.45) is 0. The minimum Gasteiger partial charge on any atom is -0.383 e. The van der Waals surface area contributed by atoms with Gasteiger partial charge in [-0.25, -0.2) is 13.6 Å². The van der Waals surface area contributed by atoms with E-state index in [0.717, 1.165) is 17.7 Å². The molecule has 1 heterocycles. The Labute approximate surface area is 208 Å². The summed E-state index contributed by atoms with van der Waals surface area (Å²) in [5, 5.41) is 0. The normalized spacial score (nSPS) is 11.3. The molecule has 0 unspecified atom stereocenters. The van der Waals surface area contributed by atoms with Gasteiger partial charge in [0.2, 0.25) is 5.91 Å². The Kier molecular flexibility index (Phi) is 8.76. The summed E-state index contributed by atoms with van der Waals surface area (Å²) < 4.78 is 29.6. The van der Waals surface area contributed by atoms with E-state index in [2.05, 4.69) is 4.98 Å². The minimum atomic E-state index is -0.779. The summed E-state index contributed by atoms with van der Waals surface area (Å²) in [5.74, 6) is -2.06. The maximum atomic E-state index is 14.2. The lowest BCUT2D eigenvalue weighted by molar-refractivity contribution is -0.120. The SMILES string of the molecule is CCN(CC(=O)N(CC(C)C)c1c(N)n(Cc2ccccc2)c(=O)[nH]c1=O)Cc1c(F)cccc1F. The van der Waals surface area contributed by atoms with E-state index >= 15 is 0 Å². The Morgan fingerprint density at radius 3 is 2.28 bits per heavy atom. The standard InChI is InChI=1S/C26H31F2N5O3/c1-4-31(15-19-20(27)11-8-12-21(19)28)16-22(34)32(13-17(2)3)23-24(29)33(26(36)30-25(23)35)14-18-9-6-5-7-10-18/h5-12,17H,4,13-16,29H2,1-3H3,(H,30,35,36). The van der Waals surface area contributed by atoms with Gasteiger partial charge in [-0.05, 0) is 30.2 Å². The Morgan fingerprint density at radius 2 is 1.69 bits per heavy atom. The number of benzene rings is 2. The first-order chi connectivity index (χ1) is 17.1. The van der Waals surface area contributed by atoms with Crippen molar-refractivity contribution in [2.24, 2.45) is 5.92 Å². The van der Waals surface area contributed by atoms with Crippen molar-refractivity contribution in [2.45, 2.75) is 33.9 Å². The number of H-pyrrole nitrogens is 1. The molecule has 0 aliphatic heterocycles. The molecule has 8 nitrogen and oxygen atoms in total. The van der Waals surface area contributed by atoms with E-state index in [1.807, 2.05) is 44.2 Å². The molecule has 1 aromatic heterocycles. The van der Waals surface area contributed by atoms with Gasteiger partial charge in [0, 0.05) is 18.7 Å². The molecule has 36 heavy (non-hydrogen) atoms. The van der Waals surface area contributed by atoms with Crippen LogP contribution in [-0.4, -0.2) is 40.0 Å². The quantitative estimate of drug-likeness (QED) is 0.446. The third kappa shape index (κ3) is 6.25. The van der Waals surface area contributed by atoms with Crippen molar-refractivity contribution in [2.75, 3.05) is 30.3 Å². The van der Waals surface area contributed by atoms with Gasteiger partial charge in [0.05, 0.1) is 13.1 Å². The van der Waals surface area contributed by atoms with Crippen molar-refractivity contribution in [3.63, 3.8) is 0 Å². The van der Waals surface area contributed by atoms with Gasteiger partial charge in [0.1, 0.15) is 17.5 Å². The van der Waals surface area contributed by atoms with Gasteiger partial charge in [-0.15, -0.1) is 0 Å². The van der Waals surface area contributed by atoms with Gasteiger partial charge in [0.25, 0.3) is 5.56 Å².